The minimum absolute atomic E-state index is 0.00773. The van der Waals surface area contributed by atoms with E-state index in [0.717, 1.165) is 4.90 Å². The second-order valence-corrected chi connectivity index (χ2v) is 5.99. The molecule has 1 aromatic carbocycles. The highest BCUT2D eigenvalue weighted by atomic mass is 32.2. The number of carbonyl (C=O) groups is 2. The van der Waals surface area contributed by atoms with E-state index in [1.165, 1.54) is 16.7 Å². The molecule has 120 valence electrons. The van der Waals surface area contributed by atoms with Gasteiger partial charge in [0.05, 0.1) is 17.0 Å². The number of hydrogen-bond donors (Lipinski definition) is 0. The van der Waals surface area contributed by atoms with Gasteiger partial charge in [-0.25, -0.2) is 4.79 Å². The molecule has 0 unspecified atom stereocenters. The standard InChI is InChI=1S/C17H18N2O3S/c1-19(2)16(20)12-23-15-9-4-3-8-14(15)17(21)22-11-13-7-5-6-10-18-13/h3-10H,11-12H2,1-2H3. The van der Waals surface area contributed by atoms with Crippen molar-refractivity contribution in [1.82, 2.24) is 9.88 Å². The van der Waals surface area contributed by atoms with Crippen LogP contribution in [0.3, 0.4) is 0 Å². The minimum atomic E-state index is -0.420. The number of ether oxygens (including phenoxy) is 1. The Morgan fingerprint density at radius 2 is 1.87 bits per heavy atom. The topological polar surface area (TPSA) is 59.5 Å². The quantitative estimate of drug-likeness (QED) is 0.602. The summed E-state index contributed by atoms with van der Waals surface area (Å²) in [4.78, 5) is 30.3. The Bertz CT molecular complexity index is 675. The molecule has 23 heavy (non-hydrogen) atoms. The summed E-state index contributed by atoms with van der Waals surface area (Å²) in [5.41, 5.74) is 1.15. The van der Waals surface area contributed by atoms with Gasteiger partial charge >= 0.3 is 5.97 Å². The molecule has 0 N–H and O–H groups in total. The molecule has 0 saturated carbocycles. The van der Waals surface area contributed by atoms with Crippen LogP contribution in [0.25, 0.3) is 0 Å². The van der Waals surface area contributed by atoms with Gasteiger partial charge in [-0.1, -0.05) is 18.2 Å². The molecule has 0 spiro atoms. The van der Waals surface area contributed by atoms with E-state index in [1.807, 2.05) is 18.2 Å². The van der Waals surface area contributed by atoms with Crippen LogP contribution in [-0.2, 0) is 16.1 Å². The van der Waals surface area contributed by atoms with Crippen LogP contribution in [0.5, 0.6) is 0 Å². The van der Waals surface area contributed by atoms with E-state index in [0.29, 0.717) is 11.3 Å². The van der Waals surface area contributed by atoms with Crippen molar-refractivity contribution < 1.29 is 14.3 Å². The van der Waals surface area contributed by atoms with Gasteiger partial charge in [0.1, 0.15) is 6.61 Å². The second kappa shape index (κ2) is 8.33. The maximum atomic E-state index is 12.3. The molecule has 1 heterocycles. The highest BCUT2D eigenvalue weighted by Gasteiger charge is 2.14. The molecule has 0 aliphatic rings. The predicted octanol–water partition coefficient (Wildman–Crippen LogP) is 2.62. The van der Waals surface area contributed by atoms with E-state index < -0.39 is 5.97 Å². The van der Waals surface area contributed by atoms with Crippen LogP contribution in [0.15, 0.2) is 53.6 Å². The lowest BCUT2D eigenvalue weighted by Crippen LogP contribution is -2.23. The van der Waals surface area contributed by atoms with Crippen LogP contribution in [0.4, 0.5) is 0 Å². The van der Waals surface area contributed by atoms with Crippen LogP contribution in [0, 0.1) is 0 Å². The zero-order valence-electron chi connectivity index (χ0n) is 13.1. The number of esters is 1. The lowest BCUT2D eigenvalue weighted by atomic mass is 10.2. The fourth-order valence-corrected chi connectivity index (χ4v) is 2.75. The zero-order valence-corrected chi connectivity index (χ0v) is 13.9. The van der Waals surface area contributed by atoms with E-state index in [4.69, 9.17) is 4.74 Å². The van der Waals surface area contributed by atoms with Crippen LogP contribution in [0.2, 0.25) is 0 Å². The molecule has 6 heteroatoms. The largest absolute Gasteiger partial charge is 0.456 e. The van der Waals surface area contributed by atoms with E-state index in [2.05, 4.69) is 4.98 Å². The SMILES string of the molecule is CN(C)C(=O)CSc1ccccc1C(=O)OCc1ccccn1. The number of rotatable bonds is 6. The molecule has 0 aliphatic carbocycles. The Morgan fingerprint density at radius 3 is 2.57 bits per heavy atom. The first kappa shape index (κ1) is 17.0. The van der Waals surface area contributed by atoms with Crippen molar-refractivity contribution in [3.63, 3.8) is 0 Å². The van der Waals surface area contributed by atoms with Crippen LogP contribution in [0.1, 0.15) is 16.1 Å². The van der Waals surface area contributed by atoms with Crippen molar-refractivity contribution in [3.05, 3.63) is 59.9 Å². The third-order valence-electron chi connectivity index (χ3n) is 3.03. The number of carbonyl (C=O) groups excluding carboxylic acids is 2. The smallest absolute Gasteiger partial charge is 0.339 e. The molecule has 2 rings (SSSR count). The molecule has 5 nitrogen and oxygen atoms in total. The summed E-state index contributed by atoms with van der Waals surface area (Å²) in [6.07, 6.45) is 1.65. The number of hydrogen-bond acceptors (Lipinski definition) is 5. The predicted molar refractivity (Wildman–Crippen MR) is 89.2 cm³/mol. The number of thioether (sulfide) groups is 1. The van der Waals surface area contributed by atoms with Crippen LogP contribution < -0.4 is 0 Å². The van der Waals surface area contributed by atoms with Crippen LogP contribution in [-0.4, -0.2) is 41.6 Å². The number of pyridine rings is 1. The molecule has 0 aliphatic heterocycles. The van der Waals surface area contributed by atoms with Crippen molar-refractivity contribution in [2.45, 2.75) is 11.5 Å². The van der Waals surface area contributed by atoms with Gasteiger partial charge in [0.25, 0.3) is 0 Å². The van der Waals surface area contributed by atoms with E-state index in [1.54, 1.807) is 44.6 Å². The fraction of sp³-hybridized carbons (Fsp3) is 0.235. The summed E-state index contributed by atoms with van der Waals surface area (Å²) in [6, 6.07) is 12.6. The first-order valence-corrected chi connectivity index (χ1v) is 8.05. The monoisotopic (exact) mass is 330 g/mol. The Kier molecular flexibility index (Phi) is 6.17. The number of aromatic nitrogens is 1. The van der Waals surface area contributed by atoms with Crippen molar-refractivity contribution in [3.8, 4) is 0 Å². The summed E-state index contributed by atoms with van der Waals surface area (Å²) >= 11 is 1.33. The average Bonchev–Trinajstić information content (AvgIpc) is 2.58. The molecule has 0 atom stereocenters. The summed E-state index contributed by atoms with van der Waals surface area (Å²) in [5.74, 6) is -0.153. The zero-order chi connectivity index (χ0) is 16.7. The van der Waals surface area contributed by atoms with E-state index in [9.17, 15) is 9.59 Å². The lowest BCUT2D eigenvalue weighted by molar-refractivity contribution is -0.125. The first-order chi connectivity index (χ1) is 11.1. The number of amides is 1. The molecule has 0 saturated heterocycles. The molecular weight excluding hydrogens is 312 g/mol. The van der Waals surface area contributed by atoms with Crippen LogP contribution >= 0.6 is 11.8 Å². The number of benzene rings is 1. The van der Waals surface area contributed by atoms with Crippen molar-refractivity contribution in [2.75, 3.05) is 19.8 Å². The van der Waals surface area contributed by atoms with Gasteiger partial charge < -0.3 is 9.64 Å². The summed E-state index contributed by atoms with van der Waals surface area (Å²) in [5, 5.41) is 0. The average molecular weight is 330 g/mol. The van der Waals surface area contributed by atoms with E-state index in [-0.39, 0.29) is 18.3 Å². The molecule has 2 aromatic rings. The maximum Gasteiger partial charge on any atom is 0.339 e. The van der Waals surface area contributed by atoms with Gasteiger partial charge in [-0.2, -0.15) is 0 Å². The summed E-state index contributed by atoms with van der Waals surface area (Å²) in [7, 11) is 3.41. The highest BCUT2D eigenvalue weighted by molar-refractivity contribution is 8.00. The Morgan fingerprint density at radius 1 is 1.13 bits per heavy atom. The van der Waals surface area contributed by atoms with Gasteiger partial charge in [-0.15, -0.1) is 11.8 Å². The second-order valence-electron chi connectivity index (χ2n) is 4.97. The van der Waals surface area contributed by atoms with Gasteiger partial charge in [-0.3, -0.25) is 9.78 Å². The number of nitrogens with zero attached hydrogens (tertiary/aromatic N) is 2. The van der Waals surface area contributed by atoms with E-state index >= 15 is 0 Å². The first-order valence-electron chi connectivity index (χ1n) is 7.07. The Labute approximate surface area is 139 Å². The summed E-state index contributed by atoms with van der Waals surface area (Å²) < 4.78 is 5.30. The normalized spacial score (nSPS) is 10.2. The summed E-state index contributed by atoms with van der Waals surface area (Å²) in [6.45, 7) is 0.120. The molecule has 1 amide bonds. The lowest BCUT2D eigenvalue weighted by Gasteiger charge is -2.11. The molecule has 0 bridgehead atoms. The Hall–Kier alpha value is -2.34. The van der Waals surface area contributed by atoms with Gasteiger partial charge in [0.2, 0.25) is 5.91 Å². The van der Waals surface area contributed by atoms with Gasteiger partial charge in [0, 0.05) is 25.2 Å². The van der Waals surface area contributed by atoms with Gasteiger partial charge in [0.15, 0.2) is 0 Å². The molecule has 0 fully saturated rings. The molecule has 1 aromatic heterocycles. The van der Waals surface area contributed by atoms with Gasteiger partial charge in [-0.05, 0) is 24.3 Å². The molecular formula is C17H18N2O3S. The highest BCUT2D eigenvalue weighted by Crippen LogP contribution is 2.23. The molecule has 0 radical (unpaired) electrons. The fourth-order valence-electron chi connectivity index (χ4n) is 1.73. The van der Waals surface area contributed by atoms with Crippen molar-refractivity contribution in [1.29, 1.82) is 0 Å². The Balaban J connectivity index is 2.01. The van der Waals surface area contributed by atoms with Crippen molar-refractivity contribution in [2.24, 2.45) is 0 Å². The third kappa shape index (κ3) is 5.10. The maximum absolute atomic E-state index is 12.3. The van der Waals surface area contributed by atoms with Crippen molar-refractivity contribution >= 4 is 23.6 Å². The minimum Gasteiger partial charge on any atom is -0.456 e. The third-order valence-corrected chi connectivity index (χ3v) is 4.09.